The highest BCUT2D eigenvalue weighted by Crippen LogP contribution is 2.39. The van der Waals surface area contributed by atoms with Crippen molar-refractivity contribution in [1.82, 2.24) is 0 Å². The van der Waals surface area contributed by atoms with E-state index in [0.29, 0.717) is 0 Å². The van der Waals surface area contributed by atoms with Gasteiger partial charge >= 0.3 is 0 Å². The molecule has 80 valence electrons. The summed E-state index contributed by atoms with van der Waals surface area (Å²) in [5, 5.41) is 3.68. The van der Waals surface area contributed by atoms with Gasteiger partial charge in [0.25, 0.3) is 0 Å². The van der Waals surface area contributed by atoms with Crippen molar-refractivity contribution in [2.45, 2.75) is 24.8 Å². The molecule has 1 aromatic carbocycles. The number of hydrogen-bond donors (Lipinski definition) is 1. The Morgan fingerprint density at radius 2 is 2.07 bits per heavy atom. The summed E-state index contributed by atoms with van der Waals surface area (Å²) in [5.74, 6) is 0. The standard InChI is InChI=1S/C12H14BrNO/c13-10-1-2-11-9(7-10)8-12(14-11)3-5-15-6-4-12/h1-2,7,14H,3-6,8H2. The second-order valence-corrected chi connectivity index (χ2v) is 5.41. The number of ether oxygens (including phenoxy) is 1. The van der Waals surface area contributed by atoms with E-state index in [1.54, 1.807) is 0 Å². The maximum Gasteiger partial charge on any atom is 0.0488 e. The zero-order valence-electron chi connectivity index (χ0n) is 8.55. The van der Waals surface area contributed by atoms with E-state index in [0.717, 1.165) is 32.5 Å². The number of hydrogen-bond acceptors (Lipinski definition) is 2. The molecule has 1 saturated heterocycles. The van der Waals surface area contributed by atoms with E-state index >= 15 is 0 Å². The van der Waals surface area contributed by atoms with Crippen molar-refractivity contribution in [1.29, 1.82) is 0 Å². The van der Waals surface area contributed by atoms with Crippen LogP contribution in [-0.4, -0.2) is 18.8 Å². The Bertz CT molecular complexity index is 385. The van der Waals surface area contributed by atoms with Crippen LogP contribution in [0.4, 0.5) is 5.69 Å². The molecule has 0 unspecified atom stereocenters. The molecule has 2 nitrogen and oxygen atoms in total. The van der Waals surface area contributed by atoms with E-state index < -0.39 is 0 Å². The summed E-state index contributed by atoms with van der Waals surface area (Å²) in [5.41, 5.74) is 3.02. The molecule has 1 aromatic rings. The average Bonchev–Trinajstić information content (AvgIpc) is 2.56. The summed E-state index contributed by atoms with van der Waals surface area (Å²) in [6.07, 6.45) is 3.39. The lowest BCUT2D eigenvalue weighted by atomic mass is 9.87. The second-order valence-electron chi connectivity index (χ2n) is 4.50. The van der Waals surface area contributed by atoms with E-state index in [2.05, 4.69) is 39.4 Å². The summed E-state index contributed by atoms with van der Waals surface area (Å²) in [6, 6.07) is 6.50. The van der Waals surface area contributed by atoms with Crippen LogP contribution in [0.15, 0.2) is 22.7 Å². The van der Waals surface area contributed by atoms with E-state index in [9.17, 15) is 0 Å². The van der Waals surface area contributed by atoms with E-state index in [1.165, 1.54) is 15.7 Å². The Morgan fingerprint density at radius 3 is 2.87 bits per heavy atom. The van der Waals surface area contributed by atoms with Crippen LogP contribution in [0, 0.1) is 0 Å². The number of halogens is 1. The van der Waals surface area contributed by atoms with Gasteiger partial charge in [-0.05, 0) is 43.0 Å². The molecular weight excluding hydrogens is 254 g/mol. The predicted octanol–water partition coefficient (Wildman–Crippen LogP) is 2.97. The number of anilines is 1. The Balaban J connectivity index is 1.90. The number of fused-ring (bicyclic) bond motifs is 1. The SMILES string of the molecule is Brc1ccc2c(c1)CC1(CCOCC1)N2. The lowest BCUT2D eigenvalue weighted by molar-refractivity contribution is 0.0624. The first-order valence-corrected chi connectivity index (χ1v) is 6.21. The van der Waals surface area contributed by atoms with Crippen LogP contribution in [0.2, 0.25) is 0 Å². The van der Waals surface area contributed by atoms with Crippen LogP contribution < -0.4 is 5.32 Å². The fourth-order valence-corrected chi connectivity index (χ4v) is 3.00. The van der Waals surface area contributed by atoms with Crippen molar-refractivity contribution < 1.29 is 4.74 Å². The third kappa shape index (κ3) is 1.68. The Labute approximate surface area is 98.1 Å². The normalized spacial score (nSPS) is 22.5. The minimum atomic E-state index is 0.279. The van der Waals surface area contributed by atoms with Gasteiger partial charge in [0.05, 0.1) is 0 Å². The summed E-state index contributed by atoms with van der Waals surface area (Å²) in [4.78, 5) is 0. The molecule has 0 saturated carbocycles. The number of benzene rings is 1. The number of rotatable bonds is 0. The van der Waals surface area contributed by atoms with E-state index in [4.69, 9.17) is 4.74 Å². The van der Waals surface area contributed by atoms with Crippen LogP contribution in [0.25, 0.3) is 0 Å². The van der Waals surface area contributed by atoms with Crippen LogP contribution in [-0.2, 0) is 11.2 Å². The topological polar surface area (TPSA) is 21.3 Å². The summed E-state index contributed by atoms with van der Waals surface area (Å²) in [7, 11) is 0. The van der Waals surface area contributed by atoms with Gasteiger partial charge in [0.1, 0.15) is 0 Å². The van der Waals surface area contributed by atoms with Crippen molar-refractivity contribution >= 4 is 21.6 Å². The van der Waals surface area contributed by atoms with Crippen LogP contribution in [0.1, 0.15) is 18.4 Å². The highest BCUT2D eigenvalue weighted by Gasteiger charge is 2.37. The highest BCUT2D eigenvalue weighted by atomic mass is 79.9. The first-order valence-electron chi connectivity index (χ1n) is 5.42. The Kier molecular flexibility index (Phi) is 2.25. The van der Waals surface area contributed by atoms with Crippen molar-refractivity contribution in [2.24, 2.45) is 0 Å². The fraction of sp³-hybridized carbons (Fsp3) is 0.500. The third-order valence-corrected chi connectivity index (χ3v) is 3.94. The van der Waals surface area contributed by atoms with Crippen LogP contribution in [0.3, 0.4) is 0 Å². The molecule has 0 amide bonds. The largest absolute Gasteiger partial charge is 0.381 e. The second kappa shape index (κ2) is 3.49. The van der Waals surface area contributed by atoms with Crippen molar-refractivity contribution in [3.63, 3.8) is 0 Å². The minimum absolute atomic E-state index is 0.279. The number of nitrogens with one attached hydrogen (secondary N) is 1. The smallest absolute Gasteiger partial charge is 0.0488 e. The molecule has 2 aliphatic heterocycles. The molecule has 1 N–H and O–H groups in total. The average molecular weight is 268 g/mol. The zero-order valence-corrected chi connectivity index (χ0v) is 10.1. The maximum atomic E-state index is 5.43. The van der Waals surface area contributed by atoms with Crippen molar-refractivity contribution in [2.75, 3.05) is 18.5 Å². The van der Waals surface area contributed by atoms with Gasteiger partial charge in [-0.2, -0.15) is 0 Å². The summed E-state index contributed by atoms with van der Waals surface area (Å²) in [6.45, 7) is 1.78. The minimum Gasteiger partial charge on any atom is -0.381 e. The van der Waals surface area contributed by atoms with Gasteiger partial charge in [-0.3, -0.25) is 0 Å². The molecule has 0 radical (unpaired) electrons. The van der Waals surface area contributed by atoms with Gasteiger partial charge in [-0.25, -0.2) is 0 Å². The molecule has 2 heterocycles. The van der Waals surface area contributed by atoms with Crippen molar-refractivity contribution in [3.05, 3.63) is 28.2 Å². The molecular formula is C12H14BrNO. The van der Waals surface area contributed by atoms with Gasteiger partial charge in [-0.1, -0.05) is 15.9 Å². The quantitative estimate of drug-likeness (QED) is 0.781. The molecule has 0 aromatic heterocycles. The van der Waals surface area contributed by atoms with Crippen LogP contribution in [0.5, 0.6) is 0 Å². The maximum absolute atomic E-state index is 5.43. The zero-order chi connectivity index (χ0) is 10.3. The molecule has 3 rings (SSSR count). The first kappa shape index (κ1) is 9.67. The molecule has 2 aliphatic rings. The molecule has 0 aliphatic carbocycles. The van der Waals surface area contributed by atoms with E-state index in [1.807, 2.05) is 0 Å². The Hall–Kier alpha value is -0.540. The first-order chi connectivity index (χ1) is 7.27. The molecule has 0 atom stereocenters. The van der Waals surface area contributed by atoms with E-state index in [-0.39, 0.29) is 5.54 Å². The molecule has 15 heavy (non-hydrogen) atoms. The van der Waals surface area contributed by atoms with Gasteiger partial charge in [-0.15, -0.1) is 0 Å². The predicted molar refractivity (Wildman–Crippen MR) is 64.3 cm³/mol. The molecule has 1 fully saturated rings. The summed E-state index contributed by atoms with van der Waals surface area (Å²) >= 11 is 3.52. The van der Waals surface area contributed by atoms with Gasteiger partial charge < -0.3 is 10.1 Å². The monoisotopic (exact) mass is 267 g/mol. The molecule has 3 heteroatoms. The Morgan fingerprint density at radius 1 is 1.27 bits per heavy atom. The highest BCUT2D eigenvalue weighted by molar-refractivity contribution is 9.10. The van der Waals surface area contributed by atoms with Crippen LogP contribution >= 0.6 is 15.9 Å². The van der Waals surface area contributed by atoms with Gasteiger partial charge in [0.2, 0.25) is 0 Å². The van der Waals surface area contributed by atoms with Gasteiger partial charge in [0, 0.05) is 28.9 Å². The molecule has 1 spiro atoms. The summed E-state index contributed by atoms with van der Waals surface area (Å²) < 4.78 is 6.60. The van der Waals surface area contributed by atoms with Gasteiger partial charge in [0.15, 0.2) is 0 Å². The fourth-order valence-electron chi connectivity index (χ4n) is 2.59. The molecule has 0 bridgehead atoms. The lowest BCUT2D eigenvalue weighted by Gasteiger charge is -2.34. The third-order valence-electron chi connectivity index (χ3n) is 3.45. The van der Waals surface area contributed by atoms with Crippen molar-refractivity contribution in [3.8, 4) is 0 Å². The lowest BCUT2D eigenvalue weighted by Crippen LogP contribution is -2.41.